The molecule has 0 bridgehead atoms. The first-order valence-corrected chi connectivity index (χ1v) is 11.9. The van der Waals surface area contributed by atoms with Gasteiger partial charge in [-0.15, -0.1) is 11.3 Å². The number of amides is 1. The molecule has 1 amide bonds. The van der Waals surface area contributed by atoms with Crippen LogP contribution in [0.5, 0.6) is 5.75 Å². The minimum atomic E-state index is -0.840. The van der Waals surface area contributed by atoms with Crippen molar-refractivity contribution in [2.24, 2.45) is 5.73 Å². The summed E-state index contributed by atoms with van der Waals surface area (Å²) in [7, 11) is 1.54. The number of methoxy groups -OCH3 is 1. The van der Waals surface area contributed by atoms with Gasteiger partial charge in [-0.1, -0.05) is 18.2 Å². The summed E-state index contributed by atoms with van der Waals surface area (Å²) in [5.41, 5.74) is 4.98. The van der Waals surface area contributed by atoms with Gasteiger partial charge >= 0.3 is 11.7 Å². The summed E-state index contributed by atoms with van der Waals surface area (Å²) >= 11 is 0.993. The Morgan fingerprint density at radius 1 is 1.14 bits per heavy atom. The van der Waals surface area contributed by atoms with E-state index in [-0.39, 0.29) is 34.3 Å². The fourth-order valence-corrected chi connectivity index (χ4v) is 5.08. The highest BCUT2D eigenvalue weighted by Gasteiger charge is 2.27. The number of rotatable bonds is 10. The first-order chi connectivity index (χ1) is 16.6. The molecule has 0 radical (unpaired) electrons. The smallest absolute Gasteiger partial charge is 0.348 e. The van der Waals surface area contributed by atoms with Gasteiger partial charge in [-0.25, -0.2) is 9.59 Å². The zero-order chi connectivity index (χ0) is 25.9. The molecule has 2 heterocycles. The second-order valence-electron chi connectivity index (χ2n) is 8.12. The van der Waals surface area contributed by atoms with E-state index in [0.717, 1.165) is 15.9 Å². The molecule has 10 nitrogen and oxygen atoms in total. The van der Waals surface area contributed by atoms with Gasteiger partial charge in [0.1, 0.15) is 28.1 Å². The maximum absolute atomic E-state index is 13.5. The number of esters is 1. The molecule has 0 aliphatic carbocycles. The van der Waals surface area contributed by atoms with E-state index in [0.29, 0.717) is 16.9 Å². The van der Waals surface area contributed by atoms with Gasteiger partial charge < -0.3 is 19.9 Å². The van der Waals surface area contributed by atoms with Gasteiger partial charge in [-0.2, -0.15) is 0 Å². The second-order valence-corrected chi connectivity index (χ2v) is 9.12. The lowest BCUT2D eigenvalue weighted by Gasteiger charge is -2.24. The van der Waals surface area contributed by atoms with Crippen molar-refractivity contribution in [3.05, 3.63) is 61.1 Å². The molecule has 0 fully saturated rings. The number of ether oxygens (including phenoxy) is 3. The number of hydrogen-bond acceptors (Lipinski definition) is 8. The van der Waals surface area contributed by atoms with E-state index in [9.17, 15) is 19.2 Å². The lowest BCUT2D eigenvalue weighted by Crippen LogP contribution is -2.43. The Morgan fingerprint density at radius 2 is 1.83 bits per heavy atom. The third-order valence-corrected chi connectivity index (χ3v) is 6.63. The molecule has 0 aliphatic rings. The predicted molar refractivity (Wildman–Crippen MR) is 132 cm³/mol. The summed E-state index contributed by atoms with van der Waals surface area (Å²) in [5, 5.41) is 0.155. The molecule has 188 valence electrons. The Kier molecular flexibility index (Phi) is 8.13. The highest BCUT2D eigenvalue weighted by Crippen LogP contribution is 2.33. The van der Waals surface area contributed by atoms with Gasteiger partial charge in [-0.3, -0.25) is 18.7 Å². The number of primary amides is 1. The Bertz CT molecular complexity index is 1370. The monoisotopic (exact) mass is 503 g/mol. The summed E-state index contributed by atoms with van der Waals surface area (Å²) in [5.74, 6) is -0.860. The number of thiophene rings is 1. The number of aromatic nitrogens is 2. The quantitative estimate of drug-likeness (QED) is 0.420. The lowest BCUT2D eigenvalue weighted by atomic mass is 10.1. The molecule has 0 aliphatic heterocycles. The number of hydrogen-bond donors (Lipinski definition) is 1. The van der Waals surface area contributed by atoms with Crippen molar-refractivity contribution in [1.82, 2.24) is 9.13 Å². The standard InChI is InChI=1S/C24H29N3O7S/c1-6-33-23(30)20-14(4)19-21(29)26(12-18(25)28)24(31)27(22(19)35-20)11-17(34-13(2)3)15-9-7-8-10-16(15)32-5/h7-10,13,17H,6,11-12H2,1-5H3,(H2,25,28)/t17-/m0/s1. The van der Waals surface area contributed by atoms with Crippen molar-refractivity contribution < 1.29 is 23.8 Å². The maximum Gasteiger partial charge on any atom is 0.348 e. The molecule has 11 heteroatoms. The predicted octanol–water partition coefficient (Wildman–Crippen LogP) is 2.37. The van der Waals surface area contributed by atoms with E-state index in [1.54, 1.807) is 19.9 Å². The Balaban J connectivity index is 2.31. The zero-order valence-corrected chi connectivity index (χ0v) is 21.1. The number of aryl methyl sites for hydroxylation is 1. The summed E-state index contributed by atoms with van der Waals surface area (Å²) < 4.78 is 18.9. The van der Waals surface area contributed by atoms with Gasteiger partial charge in [-0.05, 0) is 39.3 Å². The highest BCUT2D eigenvalue weighted by molar-refractivity contribution is 7.20. The molecule has 3 rings (SSSR count). The van der Waals surface area contributed by atoms with Gasteiger partial charge in [0, 0.05) is 5.56 Å². The van der Waals surface area contributed by atoms with Crippen molar-refractivity contribution in [2.45, 2.75) is 53.0 Å². The van der Waals surface area contributed by atoms with Crippen LogP contribution in [-0.2, 0) is 27.4 Å². The van der Waals surface area contributed by atoms with Gasteiger partial charge in [0.05, 0.1) is 31.8 Å². The van der Waals surface area contributed by atoms with E-state index in [2.05, 4.69) is 0 Å². The molecular formula is C24H29N3O7S. The fourth-order valence-electron chi connectivity index (χ4n) is 3.88. The Morgan fingerprint density at radius 3 is 2.43 bits per heavy atom. The average Bonchev–Trinajstić information content (AvgIpc) is 3.15. The molecule has 35 heavy (non-hydrogen) atoms. The van der Waals surface area contributed by atoms with Crippen LogP contribution < -0.4 is 21.7 Å². The van der Waals surface area contributed by atoms with Crippen molar-refractivity contribution in [1.29, 1.82) is 0 Å². The summed E-state index contributed by atoms with van der Waals surface area (Å²) in [6, 6.07) is 7.26. The summed E-state index contributed by atoms with van der Waals surface area (Å²) in [6.07, 6.45) is -0.840. The number of fused-ring (bicyclic) bond motifs is 1. The van der Waals surface area contributed by atoms with Crippen LogP contribution >= 0.6 is 11.3 Å². The fraction of sp³-hybridized carbons (Fsp3) is 0.417. The van der Waals surface area contributed by atoms with Crippen molar-refractivity contribution in [3.8, 4) is 5.75 Å². The van der Waals surface area contributed by atoms with E-state index in [4.69, 9.17) is 19.9 Å². The molecule has 0 spiro atoms. The highest BCUT2D eigenvalue weighted by atomic mass is 32.1. The average molecular weight is 504 g/mol. The van der Waals surface area contributed by atoms with Crippen LogP contribution in [-0.4, -0.2) is 40.8 Å². The Labute approximate surface area is 205 Å². The lowest BCUT2D eigenvalue weighted by molar-refractivity contribution is -0.118. The van der Waals surface area contributed by atoms with E-state index in [1.807, 2.05) is 32.0 Å². The summed E-state index contributed by atoms with van der Waals surface area (Å²) in [6.45, 7) is 6.57. The normalized spacial score (nSPS) is 12.2. The van der Waals surface area contributed by atoms with E-state index in [1.165, 1.54) is 11.7 Å². The zero-order valence-electron chi connectivity index (χ0n) is 20.3. The van der Waals surface area contributed by atoms with Crippen molar-refractivity contribution in [3.63, 3.8) is 0 Å². The molecule has 2 N–H and O–H groups in total. The van der Waals surface area contributed by atoms with Crippen molar-refractivity contribution in [2.75, 3.05) is 13.7 Å². The van der Waals surface area contributed by atoms with Crippen LogP contribution in [0.15, 0.2) is 33.9 Å². The maximum atomic E-state index is 13.5. The van der Waals surface area contributed by atoms with Gasteiger partial charge in [0.15, 0.2) is 0 Å². The molecule has 2 aromatic heterocycles. The second kappa shape index (κ2) is 10.9. The topological polar surface area (TPSA) is 132 Å². The third-order valence-electron chi connectivity index (χ3n) is 5.34. The van der Waals surface area contributed by atoms with Crippen LogP contribution in [0.4, 0.5) is 0 Å². The molecule has 0 unspecified atom stereocenters. The van der Waals surface area contributed by atoms with Crippen LogP contribution in [0.3, 0.4) is 0 Å². The van der Waals surface area contributed by atoms with Crippen molar-refractivity contribution >= 4 is 33.4 Å². The summed E-state index contributed by atoms with van der Waals surface area (Å²) in [4.78, 5) is 51.4. The third kappa shape index (κ3) is 5.30. The number of carbonyl (C=O) groups excluding carboxylic acids is 2. The van der Waals surface area contributed by atoms with E-state index < -0.39 is 35.8 Å². The first-order valence-electron chi connectivity index (χ1n) is 11.1. The minimum Gasteiger partial charge on any atom is -0.496 e. The number of benzene rings is 1. The number of carbonyl (C=O) groups is 2. The van der Waals surface area contributed by atoms with Crippen LogP contribution in [0.1, 0.15) is 47.7 Å². The molecule has 1 atom stereocenters. The first kappa shape index (κ1) is 26.2. The SMILES string of the molecule is CCOC(=O)c1sc2c(c1C)c(=O)n(CC(N)=O)c(=O)n2C[C@H](OC(C)C)c1ccccc1OC. The molecule has 0 saturated carbocycles. The number of para-hydroxylation sites is 1. The Hall–Kier alpha value is -3.44. The molecule has 0 saturated heterocycles. The number of nitrogens with zero attached hydrogens (tertiary/aromatic N) is 2. The van der Waals surface area contributed by atoms with Gasteiger partial charge in [0.2, 0.25) is 5.91 Å². The van der Waals surface area contributed by atoms with E-state index >= 15 is 0 Å². The van der Waals surface area contributed by atoms with Crippen LogP contribution in [0, 0.1) is 6.92 Å². The van der Waals surface area contributed by atoms with Crippen LogP contribution in [0.2, 0.25) is 0 Å². The molecule has 1 aromatic carbocycles. The van der Waals surface area contributed by atoms with Crippen LogP contribution in [0.25, 0.3) is 10.2 Å². The molecular weight excluding hydrogens is 474 g/mol. The molecule has 3 aromatic rings. The largest absolute Gasteiger partial charge is 0.496 e. The van der Waals surface area contributed by atoms with Gasteiger partial charge in [0.25, 0.3) is 5.56 Å². The minimum absolute atomic E-state index is 0.00481. The number of nitrogens with two attached hydrogens (primary N) is 1.